The van der Waals surface area contributed by atoms with E-state index in [1.165, 1.54) is 7.11 Å². The summed E-state index contributed by atoms with van der Waals surface area (Å²) in [6, 6.07) is 0. The van der Waals surface area contributed by atoms with Crippen molar-refractivity contribution in [1.29, 1.82) is 0 Å². The molecule has 12 heavy (non-hydrogen) atoms. The average Bonchev–Trinajstić information content (AvgIpc) is 2.10. The lowest BCUT2D eigenvalue weighted by Gasteiger charge is -2.02. The molecule has 4 nitrogen and oxygen atoms in total. The van der Waals surface area contributed by atoms with Gasteiger partial charge in [0.2, 0.25) is 0 Å². The molecule has 0 aromatic carbocycles. The molecular formula is C7H13BrO4. The Morgan fingerprint density at radius 2 is 1.92 bits per heavy atom. The van der Waals surface area contributed by atoms with Crippen LogP contribution in [0.3, 0.4) is 0 Å². The quantitative estimate of drug-likeness (QED) is 0.371. The molecule has 0 aliphatic carbocycles. The molecule has 0 bridgehead atoms. The Hall–Kier alpha value is -0.130. The highest BCUT2D eigenvalue weighted by molar-refractivity contribution is 9.09. The minimum atomic E-state index is -0.365. The molecule has 0 rings (SSSR count). The number of rotatable bonds is 7. The minimum Gasteiger partial charge on any atom is -0.467 e. The number of hydrogen-bond acceptors (Lipinski definition) is 4. The molecule has 0 N–H and O–H groups in total. The first kappa shape index (κ1) is 11.9. The molecule has 5 heteroatoms. The lowest BCUT2D eigenvalue weighted by molar-refractivity contribution is -0.146. The number of halogens is 1. The van der Waals surface area contributed by atoms with Crippen molar-refractivity contribution in [3.05, 3.63) is 0 Å². The molecule has 0 aromatic heterocycles. The van der Waals surface area contributed by atoms with Crippen molar-refractivity contribution in [2.45, 2.75) is 0 Å². The zero-order chi connectivity index (χ0) is 9.23. The van der Waals surface area contributed by atoms with Crippen molar-refractivity contribution in [3.8, 4) is 0 Å². The first-order valence-electron chi connectivity index (χ1n) is 3.59. The van der Waals surface area contributed by atoms with E-state index in [9.17, 15) is 4.79 Å². The van der Waals surface area contributed by atoms with E-state index in [2.05, 4.69) is 20.7 Å². The maximum Gasteiger partial charge on any atom is 0.331 e. The SMILES string of the molecule is COC(=O)COCCOCCBr. The molecule has 0 aromatic rings. The maximum atomic E-state index is 10.5. The van der Waals surface area contributed by atoms with Gasteiger partial charge in [-0.2, -0.15) is 0 Å². The summed E-state index contributed by atoms with van der Waals surface area (Å²) in [6.07, 6.45) is 0. The first-order chi connectivity index (χ1) is 5.81. The Morgan fingerprint density at radius 3 is 2.50 bits per heavy atom. The molecule has 0 amide bonds. The Balaban J connectivity index is 2.95. The molecule has 0 aliphatic rings. The van der Waals surface area contributed by atoms with Crippen molar-refractivity contribution in [1.82, 2.24) is 0 Å². The van der Waals surface area contributed by atoms with Crippen molar-refractivity contribution in [2.24, 2.45) is 0 Å². The lowest BCUT2D eigenvalue weighted by Crippen LogP contribution is -2.13. The number of ether oxygens (including phenoxy) is 3. The van der Waals surface area contributed by atoms with E-state index in [4.69, 9.17) is 9.47 Å². The molecule has 0 spiro atoms. The van der Waals surface area contributed by atoms with Gasteiger partial charge >= 0.3 is 5.97 Å². The summed E-state index contributed by atoms with van der Waals surface area (Å²) in [5.41, 5.74) is 0. The van der Waals surface area contributed by atoms with E-state index in [1.807, 2.05) is 0 Å². The maximum absolute atomic E-state index is 10.5. The van der Waals surface area contributed by atoms with Crippen molar-refractivity contribution < 1.29 is 19.0 Å². The van der Waals surface area contributed by atoms with Gasteiger partial charge in [0.15, 0.2) is 0 Å². The molecule has 0 radical (unpaired) electrons. The van der Waals surface area contributed by atoms with Crippen LogP contribution in [0.1, 0.15) is 0 Å². The number of carbonyl (C=O) groups is 1. The molecule has 0 atom stereocenters. The van der Waals surface area contributed by atoms with E-state index >= 15 is 0 Å². The van der Waals surface area contributed by atoms with Crippen LogP contribution in [0.4, 0.5) is 0 Å². The molecule has 0 saturated carbocycles. The van der Waals surface area contributed by atoms with Gasteiger partial charge in [0.1, 0.15) is 6.61 Å². The normalized spacial score (nSPS) is 9.83. The van der Waals surface area contributed by atoms with Crippen LogP contribution in [0.2, 0.25) is 0 Å². The Morgan fingerprint density at radius 1 is 1.25 bits per heavy atom. The zero-order valence-electron chi connectivity index (χ0n) is 7.05. The van der Waals surface area contributed by atoms with E-state index in [0.29, 0.717) is 19.8 Å². The van der Waals surface area contributed by atoms with Crippen LogP contribution in [0, 0.1) is 0 Å². The highest BCUT2D eigenvalue weighted by atomic mass is 79.9. The van der Waals surface area contributed by atoms with Crippen LogP contribution in [0.5, 0.6) is 0 Å². The van der Waals surface area contributed by atoms with Crippen LogP contribution in [0.25, 0.3) is 0 Å². The fraction of sp³-hybridized carbons (Fsp3) is 0.857. The molecule has 0 heterocycles. The second kappa shape index (κ2) is 8.96. The van der Waals surface area contributed by atoms with Crippen LogP contribution in [-0.4, -0.2) is 44.8 Å². The molecular weight excluding hydrogens is 228 g/mol. The Bertz CT molecular complexity index is 118. The van der Waals surface area contributed by atoms with E-state index < -0.39 is 0 Å². The lowest BCUT2D eigenvalue weighted by atomic mass is 10.7. The van der Waals surface area contributed by atoms with E-state index in [0.717, 1.165) is 5.33 Å². The summed E-state index contributed by atoms with van der Waals surface area (Å²) in [5.74, 6) is -0.365. The van der Waals surface area contributed by atoms with Crippen molar-refractivity contribution in [2.75, 3.05) is 38.9 Å². The summed E-state index contributed by atoms with van der Waals surface area (Å²) in [6.45, 7) is 1.57. The summed E-state index contributed by atoms with van der Waals surface area (Å²) in [4.78, 5) is 10.5. The van der Waals surface area contributed by atoms with Gasteiger partial charge in [0.05, 0.1) is 26.9 Å². The van der Waals surface area contributed by atoms with Crippen LogP contribution < -0.4 is 0 Å². The van der Waals surface area contributed by atoms with Crippen LogP contribution >= 0.6 is 15.9 Å². The van der Waals surface area contributed by atoms with Crippen molar-refractivity contribution >= 4 is 21.9 Å². The third-order valence-corrected chi connectivity index (χ3v) is 1.36. The molecule has 0 fully saturated rings. The summed E-state index contributed by atoms with van der Waals surface area (Å²) >= 11 is 3.21. The summed E-state index contributed by atoms with van der Waals surface area (Å²) < 4.78 is 14.4. The average molecular weight is 241 g/mol. The summed E-state index contributed by atoms with van der Waals surface area (Å²) in [7, 11) is 1.33. The third kappa shape index (κ3) is 7.97. The Kier molecular flexibility index (Phi) is 8.86. The van der Waals surface area contributed by atoms with Gasteiger partial charge in [0, 0.05) is 5.33 Å². The minimum absolute atomic E-state index is 0.00578. The molecule has 0 aliphatic heterocycles. The smallest absolute Gasteiger partial charge is 0.331 e. The molecule has 0 saturated heterocycles. The Labute approximate surface area is 80.3 Å². The molecule has 0 unspecified atom stereocenters. The fourth-order valence-electron chi connectivity index (χ4n) is 0.489. The highest BCUT2D eigenvalue weighted by Crippen LogP contribution is 1.83. The van der Waals surface area contributed by atoms with E-state index in [1.54, 1.807) is 0 Å². The van der Waals surface area contributed by atoms with Crippen LogP contribution in [0.15, 0.2) is 0 Å². The number of alkyl halides is 1. The van der Waals surface area contributed by atoms with E-state index in [-0.39, 0.29) is 12.6 Å². The van der Waals surface area contributed by atoms with Gasteiger partial charge < -0.3 is 14.2 Å². The van der Waals surface area contributed by atoms with Gasteiger partial charge in [-0.15, -0.1) is 0 Å². The first-order valence-corrected chi connectivity index (χ1v) is 4.71. The van der Waals surface area contributed by atoms with Gasteiger partial charge in [-0.1, -0.05) is 15.9 Å². The number of esters is 1. The van der Waals surface area contributed by atoms with Gasteiger partial charge in [-0.05, 0) is 0 Å². The van der Waals surface area contributed by atoms with Crippen LogP contribution in [-0.2, 0) is 19.0 Å². The highest BCUT2D eigenvalue weighted by Gasteiger charge is 1.98. The second-order valence-corrected chi connectivity index (χ2v) is 2.72. The van der Waals surface area contributed by atoms with Crippen molar-refractivity contribution in [3.63, 3.8) is 0 Å². The molecule has 72 valence electrons. The zero-order valence-corrected chi connectivity index (χ0v) is 8.63. The number of carbonyl (C=O) groups excluding carboxylic acids is 1. The predicted octanol–water partition coefficient (Wildman–Crippen LogP) is 0.587. The van der Waals surface area contributed by atoms with Gasteiger partial charge in [-0.3, -0.25) is 0 Å². The third-order valence-electron chi connectivity index (χ3n) is 1.04. The number of methoxy groups -OCH3 is 1. The fourth-order valence-corrected chi connectivity index (χ4v) is 0.718. The number of hydrogen-bond donors (Lipinski definition) is 0. The topological polar surface area (TPSA) is 44.8 Å². The largest absolute Gasteiger partial charge is 0.467 e. The van der Waals surface area contributed by atoms with Gasteiger partial charge in [0.25, 0.3) is 0 Å². The second-order valence-electron chi connectivity index (χ2n) is 1.93. The monoisotopic (exact) mass is 240 g/mol. The van der Waals surface area contributed by atoms with Gasteiger partial charge in [-0.25, -0.2) is 4.79 Å². The predicted molar refractivity (Wildman–Crippen MR) is 47.4 cm³/mol. The standard InChI is InChI=1S/C7H13BrO4/c1-10-7(9)6-12-5-4-11-3-2-8/h2-6H2,1H3. The summed E-state index contributed by atoms with van der Waals surface area (Å²) in [5, 5.41) is 0.810.